The first kappa shape index (κ1) is 28.6. The van der Waals surface area contributed by atoms with E-state index in [0.29, 0.717) is 36.1 Å². The predicted molar refractivity (Wildman–Crippen MR) is 160 cm³/mol. The van der Waals surface area contributed by atoms with Gasteiger partial charge >= 0.3 is 0 Å². The molecule has 214 valence electrons. The topological polar surface area (TPSA) is 93.2 Å². The van der Waals surface area contributed by atoms with Crippen molar-refractivity contribution in [2.24, 2.45) is 17.8 Å². The Morgan fingerprint density at radius 3 is 2.38 bits per heavy atom. The number of aryl methyl sites for hydroxylation is 2. The highest BCUT2D eigenvalue weighted by Crippen LogP contribution is 2.44. The van der Waals surface area contributed by atoms with Gasteiger partial charge in [-0.2, -0.15) is 4.98 Å². The molecule has 2 heterocycles. The highest BCUT2D eigenvalue weighted by atomic mass is 32.2. The molecule has 2 N–H and O–H groups in total. The summed E-state index contributed by atoms with van der Waals surface area (Å²) < 4.78 is 36.4. The van der Waals surface area contributed by atoms with E-state index < -0.39 is 10.0 Å². The molecule has 1 aromatic heterocycles. The molecule has 2 atom stereocenters. The number of hydrogen-bond acceptors (Lipinski definition) is 6. The Kier molecular flexibility index (Phi) is 8.47. The molecule has 2 aromatic carbocycles. The third-order valence-electron chi connectivity index (χ3n) is 8.63. The Hall–Kier alpha value is -2.97. The van der Waals surface area contributed by atoms with Gasteiger partial charge in [0, 0.05) is 23.6 Å². The average molecular weight is 563 g/mol. The molecule has 40 heavy (non-hydrogen) atoms. The van der Waals surface area contributed by atoms with Crippen molar-refractivity contribution in [2.45, 2.75) is 76.7 Å². The van der Waals surface area contributed by atoms with Gasteiger partial charge < -0.3 is 10.1 Å². The van der Waals surface area contributed by atoms with Crippen LogP contribution in [0, 0.1) is 31.6 Å². The number of nitrogens with one attached hydrogen (secondary N) is 2. The number of anilines is 1. The molecule has 4 bridgehead atoms. The van der Waals surface area contributed by atoms with Crippen molar-refractivity contribution in [1.82, 2.24) is 15.3 Å². The minimum absolute atomic E-state index is 0.0171. The second kappa shape index (κ2) is 11.9. The van der Waals surface area contributed by atoms with Crippen molar-refractivity contribution in [3.8, 4) is 17.1 Å². The second-order valence-electron chi connectivity index (χ2n) is 12.0. The summed E-state index contributed by atoms with van der Waals surface area (Å²) in [5.74, 6) is 1.73. The molecule has 0 spiro atoms. The van der Waals surface area contributed by atoms with E-state index in [9.17, 15) is 8.42 Å². The molecule has 0 radical (unpaired) electrons. The summed E-state index contributed by atoms with van der Waals surface area (Å²) in [5.41, 5.74) is 4.80. The largest absolute Gasteiger partial charge is 0.477 e. The molecule has 0 amide bonds. The Labute approximate surface area is 239 Å². The van der Waals surface area contributed by atoms with Gasteiger partial charge in [-0.3, -0.25) is 0 Å². The van der Waals surface area contributed by atoms with Crippen LogP contribution in [0.15, 0.2) is 53.4 Å². The molecular formula is C32H42N4O3S. The molecule has 1 aliphatic carbocycles. The number of aromatic nitrogens is 2. The van der Waals surface area contributed by atoms with Gasteiger partial charge in [-0.1, -0.05) is 44.2 Å². The lowest BCUT2D eigenvalue weighted by atomic mass is 9.68. The van der Waals surface area contributed by atoms with Crippen molar-refractivity contribution < 1.29 is 13.2 Å². The molecule has 1 saturated carbocycles. The van der Waals surface area contributed by atoms with Crippen molar-refractivity contribution in [1.29, 1.82) is 0 Å². The standard InChI is InChI=1S/C32H42N4O3S/c1-20(2)16-25-19-39-29-18-28(30-21(3)8-6-9-22(30)4)34-32(35-29)36-40(37,38)27-11-7-10-24(17-27)31(25)23-12-14-26(33-5)15-13-23/h6-11,17-18,20,23,25-26,31,33H,12-16,19H2,1-5H3,(H,34,35,36)/t23-,25-,26-,31?/m1/s1. The number of fused-ring (bicyclic) bond motifs is 4. The Morgan fingerprint density at radius 1 is 1.00 bits per heavy atom. The maximum Gasteiger partial charge on any atom is 0.264 e. The lowest BCUT2D eigenvalue weighted by Crippen LogP contribution is -2.35. The molecular weight excluding hydrogens is 520 g/mol. The SMILES string of the molecule is CN[C@H]1CC[C@H](C2c3cccc(c3)S(=O)(=O)Nc3nc(cc(-c4c(C)cccc4C)n3)OC[C@H]2CC(C)C)CC1. The maximum atomic E-state index is 13.7. The van der Waals surface area contributed by atoms with Crippen LogP contribution in [0.2, 0.25) is 0 Å². The van der Waals surface area contributed by atoms with Gasteiger partial charge in [-0.25, -0.2) is 18.1 Å². The van der Waals surface area contributed by atoms with Gasteiger partial charge in [0.25, 0.3) is 10.0 Å². The number of ether oxygens (including phenoxy) is 1. The Morgan fingerprint density at radius 2 is 1.70 bits per heavy atom. The molecule has 1 aliphatic heterocycles. The fourth-order valence-electron chi connectivity index (χ4n) is 6.77. The van der Waals surface area contributed by atoms with Crippen LogP contribution in [0.5, 0.6) is 5.88 Å². The van der Waals surface area contributed by atoms with Crippen molar-refractivity contribution in [3.05, 3.63) is 65.2 Å². The van der Waals surface area contributed by atoms with Gasteiger partial charge in [0.05, 0.1) is 17.2 Å². The second-order valence-corrected chi connectivity index (χ2v) is 13.7. The van der Waals surface area contributed by atoms with E-state index in [-0.39, 0.29) is 22.7 Å². The van der Waals surface area contributed by atoms with Crippen molar-refractivity contribution in [2.75, 3.05) is 18.4 Å². The fourth-order valence-corrected chi connectivity index (χ4v) is 7.77. The highest BCUT2D eigenvalue weighted by Gasteiger charge is 2.35. The van der Waals surface area contributed by atoms with E-state index >= 15 is 0 Å². The number of benzene rings is 2. The summed E-state index contributed by atoms with van der Waals surface area (Å²) >= 11 is 0. The molecule has 5 rings (SSSR count). The van der Waals surface area contributed by atoms with Crippen LogP contribution in [-0.2, 0) is 10.0 Å². The summed E-state index contributed by atoms with van der Waals surface area (Å²) in [5, 5.41) is 3.45. The molecule has 0 saturated heterocycles. The molecule has 1 fully saturated rings. The number of nitrogens with zero attached hydrogens (tertiary/aromatic N) is 2. The molecule has 7 nitrogen and oxygen atoms in total. The van der Waals surface area contributed by atoms with Crippen LogP contribution in [-0.4, -0.2) is 38.1 Å². The number of sulfonamides is 1. The van der Waals surface area contributed by atoms with Gasteiger partial charge in [0.15, 0.2) is 0 Å². The normalized spacial score (nSPS) is 24.4. The number of hydrogen-bond donors (Lipinski definition) is 2. The number of rotatable bonds is 5. The fraction of sp³-hybridized carbons (Fsp3) is 0.500. The zero-order chi connectivity index (χ0) is 28.4. The van der Waals surface area contributed by atoms with Crippen molar-refractivity contribution in [3.63, 3.8) is 0 Å². The van der Waals surface area contributed by atoms with Crippen LogP contribution in [0.3, 0.4) is 0 Å². The first-order chi connectivity index (χ1) is 19.1. The predicted octanol–water partition coefficient (Wildman–Crippen LogP) is 6.48. The van der Waals surface area contributed by atoms with Gasteiger partial charge in [0.2, 0.25) is 11.8 Å². The first-order valence-electron chi connectivity index (χ1n) is 14.5. The summed E-state index contributed by atoms with van der Waals surface area (Å²) in [7, 11) is -1.87. The third-order valence-corrected chi connectivity index (χ3v) is 9.96. The molecule has 1 unspecified atom stereocenters. The lowest BCUT2D eigenvalue weighted by Gasteiger charge is -2.39. The maximum absolute atomic E-state index is 13.7. The van der Waals surface area contributed by atoms with E-state index in [2.05, 4.69) is 39.9 Å². The quantitative estimate of drug-likeness (QED) is 0.370. The molecule has 8 heteroatoms. The van der Waals surface area contributed by atoms with Crippen LogP contribution in [0.4, 0.5) is 5.95 Å². The van der Waals surface area contributed by atoms with Gasteiger partial charge in [-0.05, 0) is 99.6 Å². The minimum Gasteiger partial charge on any atom is -0.477 e. The zero-order valence-corrected chi connectivity index (χ0v) is 25.1. The van der Waals surface area contributed by atoms with Crippen LogP contribution in [0.1, 0.15) is 68.6 Å². The Bertz CT molecular complexity index is 1430. The lowest BCUT2D eigenvalue weighted by molar-refractivity contribution is 0.144. The zero-order valence-electron chi connectivity index (χ0n) is 24.3. The third kappa shape index (κ3) is 6.18. The summed E-state index contributed by atoms with van der Waals surface area (Å²) in [6.07, 6.45) is 5.44. The van der Waals surface area contributed by atoms with E-state index in [1.165, 1.54) is 0 Å². The molecule has 3 aromatic rings. The smallest absolute Gasteiger partial charge is 0.264 e. The van der Waals surface area contributed by atoms with Gasteiger partial charge in [-0.15, -0.1) is 0 Å². The summed E-state index contributed by atoms with van der Waals surface area (Å²) in [6.45, 7) is 9.07. The Balaban J connectivity index is 1.62. The van der Waals surface area contributed by atoms with E-state index in [1.54, 1.807) is 6.07 Å². The first-order valence-corrected chi connectivity index (χ1v) is 16.0. The average Bonchev–Trinajstić information content (AvgIpc) is 2.91. The summed E-state index contributed by atoms with van der Waals surface area (Å²) in [4.78, 5) is 9.41. The van der Waals surface area contributed by atoms with Gasteiger partial charge in [0.1, 0.15) is 0 Å². The van der Waals surface area contributed by atoms with E-state index in [0.717, 1.165) is 54.4 Å². The van der Waals surface area contributed by atoms with Crippen LogP contribution in [0.25, 0.3) is 11.3 Å². The monoisotopic (exact) mass is 562 g/mol. The van der Waals surface area contributed by atoms with Crippen LogP contribution >= 0.6 is 0 Å². The molecule has 2 aliphatic rings. The van der Waals surface area contributed by atoms with E-state index in [4.69, 9.17) is 4.74 Å². The van der Waals surface area contributed by atoms with Crippen molar-refractivity contribution >= 4 is 16.0 Å². The highest BCUT2D eigenvalue weighted by molar-refractivity contribution is 7.92. The van der Waals surface area contributed by atoms with E-state index in [1.807, 2.05) is 57.3 Å². The van der Waals surface area contributed by atoms with Crippen LogP contribution < -0.4 is 14.8 Å². The minimum atomic E-state index is -3.91. The summed E-state index contributed by atoms with van der Waals surface area (Å²) in [6, 6.07) is 16.0.